The second kappa shape index (κ2) is 5.04. The molecule has 2 heterocycles. The third-order valence-electron chi connectivity index (χ3n) is 2.40. The summed E-state index contributed by atoms with van der Waals surface area (Å²) in [6.45, 7) is 3.30. The largest absolute Gasteiger partial charge is 0.390 e. The first kappa shape index (κ1) is 10.3. The molecule has 0 aromatic carbocycles. The van der Waals surface area contributed by atoms with Crippen LogP contribution < -0.4 is 4.90 Å². The summed E-state index contributed by atoms with van der Waals surface area (Å²) in [6.07, 6.45) is 4.33. The number of aliphatic hydroxyl groups is 1. The van der Waals surface area contributed by atoms with Crippen LogP contribution in [0.15, 0.2) is 12.4 Å². The van der Waals surface area contributed by atoms with Crippen LogP contribution in [0.5, 0.6) is 0 Å². The van der Waals surface area contributed by atoms with E-state index in [9.17, 15) is 0 Å². The van der Waals surface area contributed by atoms with Gasteiger partial charge in [0.05, 0.1) is 31.3 Å². The first-order valence-electron chi connectivity index (χ1n) is 5.14. The molecule has 0 atom stereocenters. The first-order chi connectivity index (χ1) is 7.40. The van der Waals surface area contributed by atoms with E-state index >= 15 is 0 Å². The molecule has 5 heteroatoms. The quantitative estimate of drug-likeness (QED) is 0.753. The highest BCUT2D eigenvalue weighted by atomic mass is 16.5. The molecule has 0 unspecified atom stereocenters. The van der Waals surface area contributed by atoms with E-state index in [4.69, 9.17) is 9.84 Å². The van der Waals surface area contributed by atoms with E-state index in [-0.39, 0.29) is 6.61 Å². The second-order valence-corrected chi connectivity index (χ2v) is 3.48. The summed E-state index contributed by atoms with van der Waals surface area (Å²) in [5, 5.41) is 8.85. The van der Waals surface area contributed by atoms with Crippen molar-refractivity contribution in [3.63, 3.8) is 0 Å². The molecule has 1 aliphatic rings. The standard InChI is InChI=1S/C10H15N3O2/c14-8-9-6-12-10(7-11-9)13-2-1-4-15-5-3-13/h6-7,14H,1-5,8H2. The van der Waals surface area contributed by atoms with E-state index in [1.54, 1.807) is 12.4 Å². The second-order valence-electron chi connectivity index (χ2n) is 3.48. The monoisotopic (exact) mass is 209 g/mol. The van der Waals surface area contributed by atoms with Crippen LogP contribution in [0.3, 0.4) is 0 Å². The van der Waals surface area contributed by atoms with Gasteiger partial charge in [0.25, 0.3) is 0 Å². The predicted molar refractivity (Wildman–Crippen MR) is 55.6 cm³/mol. The Balaban J connectivity index is 2.06. The van der Waals surface area contributed by atoms with Crippen LogP contribution in [0.25, 0.3) is 0 Å². The minimum absolute atomic E-state index is 0.0591. The molecule has 1 N–H and O–H groups in total. The highest BCUT2D eigenvalue weighted by molar-refractivity contribution is 5.35. The average molecular weight is 209 g/mol. The lowest BCUT2D eigenvalue weighted by molar-refractivity contribution is 0.152. The molecule has 1 fully saturated rings. The van der Waals surface area contributed by atoms with E-state index in [1.165, 1.54) is 0 Å². The van der Waals surface area contributed by atoms with Crippen LogP contribution >= 0.6 is 0 Å². The first-order valence-corrected chi connectivity index (χ1v) is 5.14. The molecule has 0 spiro atoms. The van der Waals surface area contributed by atoms with Crippen molar-refractivity contribution < 1.29 is 9.84 Å². The molecule has 0 bridgehead atoms. The summed E-state index contributed by atoms with van der Waals surface area (Å²) in [5.41, 5.74) is 0.602. The third-order valence-corrected chi connectivity index (χ3v) is 2.40. The van der Waals surface area contributed by atoms with Gasteiger partial charge in [-0.2, -0.15) is 0 Å². The highest BCUT2D eigenvalue weighted by Gasteiger charge is 2.11. The van der Waals surface area contributed by atoms with Crippen molar-refractivity contribution in [3.8, 4) is 0 Å². The zero-order chi connectivity index (χ0) is 10.5. The number of nitrogens with zero attached hydrogens (tertiary/aromatic N) is 3. The number of ether oxygens (including phenoxy) is 1. The lowest BCUT2D eigenvalue weighted by Gasteiger charge is -2.19. The van der Waals surface area contributed by atoms with Crippen molar-refractivity contribution in [2.75, 3.05) is 31.2 Å². The fourth-order valence-electron chi connectivity index (χ4n) is 1.57. The Bertz CT molecular complexity index is 294. The number of anilines is 1. The molecule has 15 heavy (non-hydrogen) atoms. The van der Waals surface area contributed by atoms with Crippen LogP contribution in [-0.4, -0.2) is 41.4 Å². The number of rotatable bonds is 2. The molecule has 5 nitrogen and oxygen atoms in total. The number of hydrogen-bond donors (Lipinski definition) is 1. The summed E-state index contributed by atoms with van der Waals surface area (Å²) in [5.74, 6) is 0.859. The number of aromatic nitrogens is 2. The SMILES string of the molecule is OCc1cnc(N2CCCOCC2)cn1. The Morgan fingerprint density at radius 1 is 1.27 bits per heavy atom. The Hall–Kier alpha value is -1.20. The van der Waals surface area contributed by atoms with Crippen molar-refractivity contribution in [1.82, 2.24) is 9.97 Å². The van der Waals surface area contributed by atoms with Crippen LogP contribution in [-0.2, 0) is 11.3 Å². The van der Waals surface area contributed by atoms with Crippen molar-refractivity contribution in [2.24, 2.45) is 0 Å². The zero-order valence-electron chi connectivity index (χ0n) is 8.59. The summed E-state index contributed by atoms with van der Waals surface area (Å²) < 4.78 is 5.36. The van der Waals surface area contributed by atoms with Crippen molar-refractivity contribution in [1.29, 1.82) is 0 Å². The Kier molecular flexibility index (Phi) is 3.47. The maximum Gasteiger partial charge on any atom is 0.147 e. The van der Waals surface area contributed by atoms with Gasteiger partial charge in [0.2, 0.25) is 0 Å². The summed E-state index contributed by atoms with van der Waals surface area (Å²) in [4.78, 5) is 10.5. The predicted octanol–water partition coefficient (Wildman–Crippen LogP) is 0.196. The van der Waals surface area contributed by atoms with E-state index in [0.29, 0.717) is 5.69 Å². The minimum atomic E-state index is -0.0591. The molecule has 2 rings (SSSR count). The molecule has 1 saturated heterocycles. The molecule has 82 valence electrons. The smallest absolute Gasteiger partial charge is 0.147 e. The van der Waals surface area contributed by atoms with Gasteiger partial charge in [-0.25, -0.2) is 4.98 Å². The topological polar surface area (TPSA) is 58.5 Å². The third kappa shape index (κ3) is 2.64. The molecular weight excluding hydrogens is 194 g/mol. The summed E-state index contributed by atoms with van der Waals surface area (Å²) >= 11 is 0. The molecular formula is C10H15N3O2. The normalized spacial score (nSPS) is 17.5. The van der Waals surface area contributed by atoms with Crippen molar-refractivity contribution >= 4 is 5.82 Å². The van der Waals surface area contributed by atoms with Crippen LogP contribution in [0, 0.1) is 0 Å². The van der Waals surface area contributed by atoms with Gasteiger partial charge in [-0.3, -0.25) is 4.98 Å². The summed E-state index contributed by atoms with van der Waals surface area (Å²) in [7, 11) is 0. The Labute approximate surface area is 88.7 Å². The molecule has 1 aromatic heterocycles. The van der Waals surface area contributed by atoms with Gasteiger partial charge in [-0.15, -0.1) is 0 Å². The van der Waals surface area contributed by atoms with Gasteiger partial charge in [-0.1, -0.05) is 0 Å². The molecule has 0 radical (unpaired) electrons. The van der Waals surface area contributed by atoms with Crippen LogP contribution in [0.2, 0.25) is 0 Å². The fourth-order valence-corrected chi connectivity index (χ4v) is 1.57. The van der Waals surface area contributed by atoms with Crippen LogP contribution in [0.1, 0.15) is 12.1 Å². The minimum Gasteiger partial charge on any atom is -0.390 e. The van der Waals surface area contributed by atoms with Crippen molar-refractivity contribution in [2.45, 2.75) is 13.0 Å². The highest BCUT2D eigenvalue weighted by Crippen LogP contribution is 2.11. The molecule has 0 saturated carbocycles. The average Bonchev–Trinajstić information content (AvgIpc) is 2.58. The number of hydrogen-bond acceptors (Lipinski definition) is 5. The zero-order valence-corrected chi connectivity index (χ0v) is 8.59. The molecule has 1 aromatic rings. The van der Waals surface area contributed by atoms with E-state index < -0.39 is 0 Å². The van der Waals surface area contributed by atoms with Gasteiger partial charge in [-0.05, 0) is 6.42 Å². The van der Waals surface area contributed by atoms with Crippen molar-refractivity contribution in [3.05, 3.63) is 18.1 Å². The van der Waals surface area contributed by atoms with Gasteiger partial charge in [0.1, 0.15) is 5.82 Å². The summed E-state index contributed by atoms with van der Waals surface area (Å²) in [6, 6.07) is 0. The maximum absolute atomic E-state index is 8.85. The Morgan fingerprint density at radius 2 is 2.20 bits per heavy atom. The Morgan fingerprint density at radius 3 is 2.93 bits per heavy atom. The lowest BCUT2D eigenvalue weighted by Crippen LogP contribution is -2.26. The maximum atomic E-state index is 8.85. The molecule has 0 amide bonds. The fraction of sp³-hybridized carbons (Fsp3) is 0.600. The lowest BCUT2D eigenvalue weighted by atomic mass is 10.4. The van der Waals surface area contributed by atoms with Gasteiger partial charge < -0.3 is 14.7 Å². The molecule has 0 aliphatic carbocycles. The van der Waals surface area contributed by atoms with Crippen LogP contribution in [0.4, 0.5) is 5.82 Å². The van der Waals surface area contributed by atoms with E-state index in [1.807, 2.05) is 0 Å². The number of aliphatic hydroxyl groups excluding tert-OH is 1. The van der Waals surface area contributed by atoms with Gasteiger partial charge in [0.15, 0.2) is 0 Å². The van der Waals surface area contributed by atoms with Gasteiger partial charge in [0, 0.05) is 19.7 Å². The van der Waals surface area contributed by atoms with E-state index in [0.717, 1.165) is 38.5 Å². The molecule has 1 aliphatic heterocycles. The van der Waals surface area contributed by atoms with Gasteiger partial charge >= 0.3 is 0 Å². The van der Waals surface area contributed by atoms with E-state index in [2.05, 4.69) is 14.9 Å².